The average molecular weight is 131 g/mol. The Morgan fingerprint density at radius 3 is 1.83 bits per heavy atom. The van der Waals surface area contributed by atoms with E-state index >= 15 is 0 Å². The van der Waals surface area contributed by atoms with Crippen LogP contribution < -0.4 is 0 Å². The van der Waals surface area contributed by atoms with Gasteiger partial charge in [-0.2, -0.15) is 4.39 Å². The van der Waals surface area contributed by atoms with Crippen LogP contribution in [-0.4, -0.2) is 10.9 Å². The molecule has 0 atom stereocenters. The van der Waals surface area contributed by atoms with Crippen molar-refractivity contribution in [2.45, 2.75) is 4.84 Å². The second-order valence-corrected chi connectivity index (χ2v) is 1.70. The lowest BCUT2D eigenvalue weighted by Gasteiger charge is -1.80. The molecular weight excluding hydrogens is 130 g/mol. The molecule has 0 saturated carbocycles. The van der Waals surface area contributed by atoms with Crippen LogP contribution in [0.4, 0.5) is 4.39 Å². The maximum Gasteiger partial charge on any atom is 0.334 e. The van der Waals surface area contributed by atoms with E-state index in [9.17, 15) is 9.18 Å². The minimum Gasteiger partial charge on any atom is -0.258 e. The third-order valence-electron chi connectivity index (χ3n) is 0.172. The summed E-state index contributed by atoms with van der Waals surface area (Å²) in [5.74, 6) is 0. The van der Waals surface area contributed by atoms with Gasteiger partial charge in [0.2, 0.25) is 0 Å². The Hall–Kier alpha value is 0.180. The normalized spacial score (nSPS) is 9.33. The van der Waals surface area contributed by atoms with Crippen molar-refractivity contribution < 1.29 is 9.18 Å². The van der Waals surface area contributed by atoms with Crippen molar-refractivity contribution in [2.24, 2.45) is 0 Å². The third kappa shape index (κ3) is 2.42. The summed E-state index contributed by atoms with van der Waals surface area (Å²) in [5, 5.41) is 0. The molecule has 0 bridgehead atoms. The van der Waals surface area contributed by atoms with E-state index in [1.165, 1.54) is 0 Å². The number of hydrogen-bond acceptors (Lipinski definition) is 1. The van der Waals surface area contributed by atoms with Gasteiger partial charge in [0.05, 0.1) is 0 Å². The Balaban J connectivity index is 3.26. The molecule has 0 aromatic carbocycles. The molecule has 1 nitrogen and oxygen atoms in total. The summed E-state index contributed by atoms with van der Waals surface area (Å²) in [4.78, 5) is 7.70. The zero-order valence-electron chi connectivity index (χ0n) is 2.62. The fraction of sp³-hybridized carbons (Fsp3) is 0.500. The van der Waals surface area contributed by atoms with Crippen LogP contribution in [0.3, 0.4) is 0 Å². The lowest BCUT2D eigenvalue weighted by Crippen LogP contribution is -1.96. The van der Waals surface area contributed by atoms with Gasteiger partial charge in [-0.15, -0.1) is 0 Å². The molecule has 0 aliphatic carbocycles. The van der Waals surface area contributed by atoms with Crippen molar-refractivity contribution >= 4 is 29.2 Å². The lowest BCUT2D eigenvalue weighted by molar-refractivity contribution is -0.127. The molecule has 0 heterocycles. The number of hydrogen-bond donors (Lipinski definition) is 0. The summed E-state index contributed by atoms with van der Waals surface area (Å²) in [5.41, 5.74) is 0. The third-order valence-corrected chi connectivity index (χ3v) is 0.515. The number of alkyl halides is 2. The monoisotopic (exact) mass is 130 g/mol. The van der Waals surface area contributed by atoms with Crippen LogP contribution in [0.1, 0.15) is 0 Å². The van der Waals surface area contributed by atoms with Gasteiger partial charge in [-0.3, -0.25) is 4.79 Å². The van der Waals surface area contributed by atoms with Gasteiger partial charge in [-0.1, -0.05) is 23.2 Å². The van der Waals surface area contributed by atoms with Gasteiger partial charge in [0, 0.05) is 0 Å². The molecule has 0 aliphatic heterocycles. The molecule has 0 amide bonds. The SMILES string of the molecule is O=C(F)C(Cl)Cl. The highest BCUT2D eigenvalue weighted by atomic mass is 35.5. The first-order valence-electron chi connectivity index (χ1n) is 1.12. The summed E-state index contributed by atoms with van der Waals surface area (Å²) in [7, 11) is 0. The quantitative estimate of drug-likeness (QED) is 0.387. The number of halogens is 3. The van der Waals surface area contributed by atoms with Crippen LogP contribution in [0.15, 0.2) is 0 Å². The zero-order valence-corrected chi connectivity index (χ0v) is 4.13. The molecule has 0 aliphatic rings. The molecule has 0 radical (unpaired) electrons. The molecule has 0 unspecified atom stereocenters. The van der Waals surface area contributed by atoms with Crippen LogP contribution in [0, 0.1) is 0 Å². The van der Waals surface area contributed by atoms with E-state index in [2.05, 4.69) is 23.2 Å². The van der Waals surface area contributed by atoms with Gasteiger partial charge in [0.1, 0.15) is 0 Å². The Labute approximate surface area is 44.0 Å². The Kier molecular flexibility index (Phi) is 2.44. The van der Waals surface area contributed by atoms with Crippen LogP contribution in [-0.2, 0) is 4.79 Å². The topological polar surface area (TPSA) is 17.1 Å². The average Bonchev–Trinajstić information content (AvgIpc) is 1.36. The fourth-order valence-corrected chi connectivity index (χ4v) is 0. The predicted molar refractivity (Wildman–Crippen MR) is 21.6 cm³/mol. The Bertz CT molecular complexity index is 62.6. The van der Waals surface area contributed by atoms with E-state index < -0.39 is 10.9 Å². The zero-order chi connectivity index (χ0) is 5.15. The molecule has 0 aromatic heterocycles. The summed E-state index contributed by atoms with van der Waals surface area (Å²) >= 11 is 9.31. The Morgan fingerprint density at radius 2 is 1.83 bits per heavy atom. The van der Waals surface area contributed by atoms with E-state index in [-0.39, 0.29) is 0 Å². The summed E-state index contributed by atoms with van der Waals surface area (Å²) in [6, 6.07) is -1.71. The molecule has 0 spiro atoms. The van der Waals surface area contributed by atoms with Crippen molar-refractivity contribution in [3.8, 4) is 0 Å². The Morgan fingerprint density at radius 1 is 1.67 bits per heavy atom. The van der Waals surface area contributed by atoms with Gasteiger partial charge < -0.3 is 0 Å². The van der Waals surface area contributed by atoms with Crippen molar-refractivity contribution in [3.05, 3.63) is 0 Å². The summed E-state index contributed by atoms with van der Waals surface area (Å²) in [6.45, 7) is 0. The van der Waals surface area contributed by atoms with Crippen LogP contribution >= 0.6 is 23.2 Å². The van der Waals surface area contributed by atoms with Crippen LogP contribution in [0.5, 0.6) is 0 Å². The molecule has 6 heavy (non-hydrogen) atoms. The van der Waals surface area contributed by atoms with E-state index in [0.29, 0.717) is 0 Å². The molecular formula is C2HCl2FO. The number of rotatable bonds is 1. The van der Waals surface area contributed by atoms with Crippen molar-refractivity contribution in [2.75, 3.05) is 0 Å². The molecule has 0 aromatic rings. The van der Waals surface area contributed by atoms with E-state index in [0.717, 1.165) is 0 Å². The first kappa shape index (κ1) is 6.18. The minimum atomic E-state index is -1.71. The molecule has 0 N–H and O–H groups in total. The standard InChI is InChI=1S/C2HCl2FO/c3-1(4)2(5)6/h1H. The van der Waals surface area contributed by atoms with E-state index in [1.54, 1.807) is 0 Å². The van der Waals surface area contributed by atoms with E-state index in [1.807, 2.05) is 0 Å². The molecule has 36 valence electrons. The molecule has 4 heteroatoms. The predicted octanol–water partition coefficient (Wildman–Crippen LogP) is 1.29. The number of carbonyl (C=O) groups excluding carboxylic acids is 1. The minimum absolute atomic E-state index is 1.51. The molecule has 0 saturated heterocycles. The molecule has 0 rings (SSSR count). The van der Waals surface area contributed by atoms with Crippen molar-refractivity contribution in [1.29, 1.82) is 0 Å². The first-order valence-corrected chi connectivity index (χ1v) is 1.99. The van der Waals surface area contributed by atoms with Gasteiger partial charge in [-0.05, 0) is 0 Å². The van der Waals surface area contributed by atoms with Gasteiger partial charge >= 0.3 is 6.04 Å². The smallest absolute Gasteiger partial charge is 0.258 e. The maximum absolute atomic E-state index is 10.9. The van der Waals surface area contributed by atoms with Crippen molar-refractivity contribution in [3.63, 3.8) is 0 Å². The summed E-state index contributed by atoms with van der Waals surface area (Å²) < 4.78 is 10.9. The first-order chi connectivity index (χ1) is 2.64. The highest BCUT2D eigenvalue weighted by Gasteiger charge is 2.07. The van der Waals surface area contributed by atoms with Gasteiger partial charge in [0.15, 0.2) is 4.84 Å². The van der Waals surface area contributed by atoms with Gasteiger partial charge in [-0.25, -0.2) is 0 Å². The van der Waals surface area contributed by atoms with Gasteiger partial charge in [0.25, 0.3) is 0 Å². The fourth-order valence-electron chi connectivity index (χ4n) is 0. The summed E-state index contributed by atoms with van der Waals surface area (Å²) in [6.07, 6.45) is 0. The highest BCUT2D eigenvalue weighted by molar-refractivity contribution is 6.52. The second kappa shape index (κ2) is 2.37. The van der Waals surface area contributed by atoms with E-state index in [4.69, 9.17) is 0 Å². The van der Waals surface area contributed by atoms with Crippen LogP contribution in [0.25, 0.3) is 0 Å². The van der Waals surface area contributed by atoms with Crippen LogP contribution in [0.2, 0.25) is 0 Å². The largest absolute Gasteiger partial charge is 0.334 e. The molecule has 0 fully saturated rings. The van der Waals surface area contributed by atoms with Crippen molar-refractivity contribution in [1.82, 2.24) is 0 Å². The lowest BCUT2D eigenvalue weighted by atomic mass is 10.9. The highest BCUT2D eigenvalue weighted by Crippen LogP contribution is 2.01. The maximum atomic E-state index is 10.9. The number of carbonyl (C=O) groups is 1. The second-order valence-electron chi connectivity index (χ2n) is 0.605.